The second-order valence-electron chi connectivity index (χ2n) is 5.38. The first-order chi connectivity index (χ1) is 7.57. The third-order valence-corrected chi connectivity index (χ3v) is 3.37. The Balaban J connectivity index is 2.21. The summed E-state index contributed by atoms with van der Waals surface area (Å²) in [4.78, 5) is 8.68. The van der Waals surface area contributed by atoms with Gasteiger partial charge in [-0.05, 0) is 32.8 Å². The first-order valence-electron chi connectivity index (χ1n) is 6.18. The minimum atomic E-state index is -0.369. The fraction of sp³-hybridized carbons (Fsp3) is 0.692. The highest BCUT2D eigenvalue weighted by Crippen LogP contribution is 2.32. The van der Waals surface area contributed by atoms with Gasteiger partial charge in [-0.15, -0.1) is 0 Å². The van der Waals surface area contributed by atoms with Crippen molar-refractivity contribution in [2.24, 2.45) is 5.73 Å². The summed E-state index contributed by atoms with van der Waals surface area (Å²) in [6.45, 7) is 3.97. The summed E-state index contributed by atoms with van der Waals surface area (Å²) in [5.41, 5.74) is 7.83. The molecule has 1 heterocycles. The van der Waals surface area contributed by atoms with Gasteiger partial charge in [0.25, 0.3) is 0 Å². The molecule has 0 amide bonds. The number of hydrogen-bond donors (Lipinski definition) is 1. The molecule has 3 heteroatoms. The summed E-state index contributed by atoms with van der Waals surface area (Å²) in [6, 6.07) is 2.09. The molecule has 0 radical (unpaired) electrons. The molecule has 3 nitrogen and oxygen atoms in total. The van der Waals surface area contributed by atoms with Crippen LogP contribution in [0.4, 0.5) is 0 Å². The molecule has 1 aromatic rings. The van der Waals surface area contributed by atoms with Crippen LogP contribution in [0.5, 0.6) is 0 Å². The van der Waals surface area contributed by atoms with E-state index in [0.29, 0.717) is 5.92 Å². The third-order valence-electron chi connectivity index (χ3n) is 3.37. The minimum Gasteiger partial charge on any atom is -0.321 e. The molecule has 1 fully saturated rings. The largest absolute Gasteiger partial charge is 0.321 e. The van der Waals surface area contributed by atoms with E-state index >= 15 is 0 Å². The second-order valence-corrected chi connectivity index (χ2v) is 5.38. The molecule has 16 heavy (non-hydrogen) atoms. The number of nitrogens with two attached hydrogens (primary N) is 1. The lowest BCUT2D eigenvalue weighted by molar-refractivity contribution is 0.433. The van der Waals surface area contributed by atoms with Crippen LogP contribution < -0.4 is 5.73 Å². The normalized spacial score (nSPS) is 18.7. The number of aromatic nitrogens is 2. The molecule has 88 valence electrons. The zero-order chi connectivity index (χ0) is 11.6. The summed E-state index contributed by atoms with van der Waals surface area (Å²) in [7, 11) is 0. The zero-order valence-corrected chi connectivity index (χ0v) is 10.2. The van der Waals surface area contributed by atoms with Gasteiger partial charge in [-0.25, -0.2) is 9.97 Å². The smallest absolute Gasteiger partial charge is 0.116 e. The topological polar surface area (TPSA) is 51.8 Å². The van der Waals surface area contributed by atoms with Gasteiger partial charge in [0.15, 0.2) is 0 Å². The Hall–Kier alpha value is -0.960. The van der Waals surface area contributed by atoms with Crippen LogP contribution in [0.15, 0.2) is 12.4 Å². The highest BCUT2D eigenvalue weighted by atomic mass is 14.9. The van der Waals surface area contributed by atoms with Gasteiger partial charge in [-0.2, -0.15) is 0 Å². The van der Waals surface area contributed by atoms with Crippen LogP contribution in [-0.2, 0) is 5.54 Å². The van der Waals surface area contributed by atoms with E-state index in [2.05, 4.69) is 16.0 Å². The predicted molar refractivity (Wildman–Crippen MR) is 65.1 cm³/mol. The Morgan fingerprint density at radius 2 is 1.88 bits per heavy atom. The number of hydrogen-bond acceptors (Lipinski definition) is 3. The van der Waals surface area contributed by atoms with Crippen LogP contribution >= 0.6 is 0 Å². The quantitative estimate of drug-likeness (QED) is 0.832. The SMILES string of the molecule is CC(C)(N)c1cc(C2CCCCC2)ncn1. The molecule has 0 spiro atoms. The van der Waals surface area contributed by atoms with Crippen molar-refractivity contribution in [3.05, 3.63) is 23.8 Å². The molecule has 0 atom stereocenters. The summed E-state index contributed by atoms with van der Waals surface area (Å²) >= 11 is 0. The maximum absolute atomic E-state index is 6.06. The highest BCUT2D eigenvalue weighted by molar-refractivity contribution is 5.18. The van der Waals surface area contributed by atoms with E-state index in [0.717, 1.165) is 5.69 Å². The first-order valence-corrected chi connectivity index (χ1v) is 6.18. The molecular formula is C13H21N3. The van der Waals surface area contributed by atoms with E-state index in [1.54, 1.807) is 6.33 Å². The van der Waals surface area contributed by atoms with Gasteiger partial charge in [0.2, 0.25) is 0 Å². The monoisotopic (exact) mass is 219 g/mol. The average molecular weight is 219 g/mol. The molecule has 0 unspecified atom stereocenters. The van der Waals surface area contributed by atoms with E-state index in [1.165, 1.54) is 37.8 Å². The van der Waals surface area contributed by atoms with Crippen LogP contribution in [0.25, 0.3) is 0 Å². The van der Waals surface area contributed by atoms with Gasteiger partial charge in [-0.3, -0.25) is 0 Å². The zero-order valence-electron chi connectivity index (χ0n) is 10.2. The van der Waals surface area contributed by atoms with Crippen molar-refractivity contribution < 1.29 is 0 Å². The maximum atomic E-state index is 6.06. The average Bonchev–Trinajstić information content (AvgIpc) is 2.29. The molecule has 0 aromatic carbocycles. The van der Waals surface area contributed by atoms with Gasteiger partial charge in [0.1, 0.15) is 6.33 Å². The van der Waals surface area contributed by atoms with Crippen LogP contribution in [0.3, 0.4) is 0 Å². The summed E-state index contributed by atoms with van der Waals surface area (Å²) in [5, 5.41) is 0. The van der Waals surface area contributed by atoms with E-state index in [4.69, 9.17) is 5.73 Å². The van der Waals surface area contributed by atoms with E-state index in [9.17, 15) is 0 Å². The lowest BCUT2D eigenvalue weighted by Gasteiger charge is -2.23. The Morgan fingerprint density at radius 3 is 2.50 bits per heavy atom. The third kappa shape index (κ3) is 2.59. The molecule has 0 bridgehead atoms. The van der Waals surface area contributed by atoms with Gasteiger partial charge < -0.3 is 5.73 Å². The standard InChI is InChI=1S/C13H21N3/c1-13(2,14)12-8-11(15-9-16-12)10-6-4-3-5-7-10/h8-10H,3-7,14H2,1-2H3. The molecule has 0 saturated heterocycles. The number of nitrogens with zero attached hydrogens (tertiary/aromatic N) is 2. The van der Waals surface area contributed by atoms with Crippen LogP contribution in [0.2, 0.25) is 0 Å². The van der Waals surface area contributed by atoms with Crippen LogP contribution in [0.1, 0.15) is 63.3 Å². The Bertz CT molecular complexity index is 348. The molecule has 1 aromatic heterocycles. The molecule has 2 rings (SSSR count). The first kappa shape index (κ1) is 11.5. The Labute approximate surface area is 97.5 Å². The maximum Gasteiger partial charge on any atom is 0.116 e. The summed E-state index contributed by atoms with van der Waals surface area (Å²) in [6.07, 6.45) is 8.22. The van der Waals surface area contributed by atoms with E-state index in [-0.39, 0.29) is 5.54 Å². The predicted octanol–water partition coefficient (Wildman–Crippen LogP) is 2.72. The van der Waals surface area contributed by atoms with Crippen molar-refractivity contribution >= 4 is 0 Å². The van der Waals surface area contributed by atoms with Gasteiger partial charge >= 0.3 is 0 Å². The van der Waals surface area contributed by atoms with Crippen molar-refractivity contribution in [2.75, 3.05) is 0 Å². The lowest BCUT2D eigenvalue weighted by atomic mass is 9.86. The van der Waals surface area contributed by atoms with Gasteiger partial charge in [-0.1, -0.05) is 19.3 Å². The minimum absolute atomic E-state index is 0.369. The Kier molecular flexibility index (Phi) is 3.24. The van der Waals surface area contributed by atoms with Gasteiger partial charge in [0.05, 0.1) is 11.2 Å². The van der Waals surface area contributed by atoms with Crippen molar-refractivity contribution in [1.29, 1.82) is 0 Å². The molecule has 1 saturated carbocycles. The van der Waals surface area contributed by atoms with Crippen LogP contribution in [-0.4, -0.2) is 9.97 Å². The molecule has 0 aliphatic heterocycles. The fourth-order valence-corrected chi connectivity index (χ4v) is 2.35. The van der Waals surface area contributed by atoms with Crippen LogP contribution in [0, 0.1) is 0 Å². The van der Waals surface area contributed by atoms with Crippen molar-refractivity contribution in [2.45, 2.75) is 57.4 Å². The van der Waals surface area contributed by atoms with Gasteiger partial charge in [0, 0.05) is 11.6 Å². The second kappa shape index (κ2) is 4.50. The number of rotatable bonds is 2. The molecule has 1 aliphatic rings. The lowest BCUT2D eigenvalue weighted by Crippen LogP contribution is -2.30. The Morgan fingerprint density at radius 1 is 1.19 bits per heavy atom. The van der Waals surface area contributed by atoms with E-state index in [1.807, 2.05) is 13.8 Å². The molecule has 2 N–H and O–H groups in total. The van der Waals surface area contributed by atoms with Crippen molar-refractivity contribution in [3.8, 4) is 0 Å². The summed E-state index contributed by atoms with van der Waals surface area (Å²) < 4.78 is 0. The highest BCUT2D eigenvalue weighted by Gasteiger charge is 2.21. The van der Waals surface area contributed by atoms with Crippen molar-refractivity contribution in [1.82, 2.24) is 9.97 Å². The molecular weight excluding hydrogens is 198 g/mol. The molecule has 1 aliphatic carbocycles. The van der Waals surface area contributed by atoms with E-state index < -0.39 is 0 Å². The summed E-state index contributed by atoms with van der Waals surface area (Å²) in [5.74, 6) is 0.623. The fourth-order valence-electron chi connectivity index (χ4n) is 2.35. The van der Waals surface area contributed by atoms with Crippen molar-refractivity contribution in [3.63, 3.8) is 0 Å².